The van der Waals surface area contributed by atoms with E-state index in [-0.39, 0.29) is 19.1 Å². The third kappa shape index (κ3) is 5.52. The second-order valence-electron chi connectivity index (χ2n) is 10.5. The topological polar surface area (TPSA) is 64.6 Å². The molecule has 0 radical (unpaired) electrons. The molecule has 0 saturated heterocycles. The fourth-order valence-corrected chi connectivity index (χ4v) is 6.13. The first-order chi connectivity index (χ1) is 21.0. The number of hydrogen-bond donors (Lipinski definition) is 1. The molecule has 1 N–H and O–H groups in total. The number of ether oxygens (including phenoxy) is 2. The Bertz CT molecular complexity index is 1720. The highest BCUT2D eigenvalue weighted by Crippen LogP contribution is 2.45. The Balaban J connectivity index is 1.22. The number of aryl methyl sites for hydroxylation is 1. The fraction of sp³-hybridized carbons (Fsp3) is 0.135. The zero-order valence-corrected chi connectivity index (χ0v) is 24.4. The van der Waals surface area contributed by atoms with Crippen LogP contribution in [0.15, 0.2) is 127 Å². The second kappa shape index (κ2) is 12.2. The lowest BCUT2D eigenvalue weighted by molar-refractivity contribution is -0.152. The SMILES string of the molecule is Cc1ccc(C(OC(=O)CNC(=O)OCC2c3ccccc3-c3ccccc32)(c2ccccc2)c2ccccc2Cl)cc1. The summed E-state index contributed by atoms with van der Waals surface area (Å²) in [6, 6.07) is 40.8. The van der Waals surface area contributed by atoms with Crippen LogP contribution in [0.5, 0.6) is 0 Å². The molecule has 6 heteroatoms. The summed E-state index contributed by atoms with van der Waals surface area (Å²) in [6.07, 6.45) is -0.697. The monoisotopic (exact) mass is 587 g/mol. The molecule has 1 unspecified atom stereocenters. The van der Waals surface area contributed by atoms with Gasteiger partial charge in [-0.2, -0.15) is 0 Å². The molecule has 0 heterocycles. The van der Waals surface area contributed by atoms with Crippen molar-refractivity contribution in [3.63, 3.8) is 0 Å². The van der Waals surface area contributed by atoms with Crippen molar-refractivity contribution in [2.75, 3.05) is 13.2 Å². The van der Waals surface area contributed by atoms with Gasteiger partial charge in [-0.15, -0.1) is 0 Å². The van der Waals surface area contributed by atoms with Gasteiger partial charge in [0.25, 0.3) is 0 Å². The Morgan fingerprint density at radius 3 is 1.93 bits per heavy atom. The molecule has 0 saturated carbocycles. The molecule has 0 aromatic heterocycles. The Hall–Kier alpha value is -4.87. The van der Waals surface area contributed by atoms with Crippen LogP contribution in [-0.4, -0.2) is 25.2 Å². The molecule has 1 aliphatic rings. The van der Waals surface area contributed by atoms with E-state index in [2.05, 4.69) is 29.6 Å². The van der Waals surface area contributed by atoms with Gasteiger partial charge in [-0.05, 0) is 35.2 Å². The van der Waals surface area contributed by atoms with Crippen molar-refractivity contribution in [1.29, 1.82) is 0 Å². The molecule has 5 nitrogen and oxygen atoms in total. The van der Waals surface area contributed by atoms with Gasteiger partial charge in [0.2, 0.25) is 0 Å². The predicted octanol–water partition coefficient (Wildman–Crippen LogP) is 8.02. The van der Waals surface area contributed by atoms with E-state index >= 15 is 0 Å². The maximum atomic E-state index is 13.5. The maximum Gasteiger partial charge on any atom is 0.407 e. The number of carbonyl (C=O) groups is 2. The van der Waals surface area contributed by atoms with Crippen molar-refractivity contribution >= 4 is 23.7 Å². The first-order valence-electron chi connectivity index (χ1n) is 14.2. The standard InChI is InChI=1S/C37H30ClNO4/c1-25-19-21-27(22-20-25)37(26-11-3-2-4-12-26,33-17-9-10-18-34(33)38)43-35(40)23-39-36(41)42-24-32-30-15-7-5-13-28(30)29-14-6-8-16-31(29)32/h2-22,32H,23-24H2,1H3,(H,39,41). The number of carbonyl (C=O) groups excluding carboxylic acids is 2. The maximum absolute atomic E-state index is 13.5. The van der Waals surface area contributed by atoms with Crippen molar-refractivity contribution < 1.29 is 19.1 Å². The number of amides is 1. The summed E-state index contributed by atoms with van der Waals surface area (Å²) in [5.74, 6) is -0.726. The van der Waals surface area contributed by atoms with E-state index < -0.39 is 17.7 Å². The van der Waals surface area contributed by atoms with Gasteiger partial charge < -0.3 is 14.8 Å². The van der Waals surface area contributed by atoms with Crippen LogP contribution < -0.4 is 5.32 Å². The first kappa shape index (κ1) is 28.3. The lowest BCUT2D eigenvalue weighted by Crippen LogP contribution is -2.40. The van der Waals surface area contributed by atoms with E-state index in [0.29, 0.717) is 10.6 Å². The largest absolute Gasteiger partial charge is 0.449 e. The highest BCUT2D eigenvalue weighted by atomic mass is 35.5. The summed E-state index contributed by atoms with van der Waals surface area (Å²) in [5, 5.41) is 3.03. The van der Waals surface area contributed by atoms with E-state index in [1.54, 1.807) is 6.07 Å². The molecule has 1 amide bonds. The first-order valence-corrected chi connectivity index (χ1v) is 14.5. The molecule has 1 aliphatic carbocycles. The van der Waals surface area contributed by atoms with Crippen LogP contribution in [0, 0.1) is 6.92 Å². The number of alkyl carbamates (subject to hydrolysis) is 1. The molecule has 43 heavy (non-hydrogen) atoms. The fourth-order valence-electron chi connectivity index (χ4n) is 5.86. The quantitative estimate of drug-likeness (QED) is 0.147. The van der Waals surface area contributed by atoms with Crippen LogP contribution in [0.4, 0.5) is 4.79 Å². The Kier molecular flexibility index (Phi) is 7.99. The molecule has 0 aliphatic heterocycles. The number of nitrogens with one attached hydrogen (secondary N) is 1. The number of halogens is 1. The molecule has 5 aromatic carbocycles. The number of fused-ring (bicyclic) bond motifs is 3. The van der Waals surface area contributed by atoms with Crippen LogP contribution in [0.25, 0.3) is 11.1 Å². The van der Waals surface area contributed by atoms with Gasteiger partial charge in [-0.3, -0.25) is 4.79 Å². The van der Waals surface area contributed by atoms with Crippen molar-refractivity contribution in [3.8, 4) is 11.1 Å². The van der Waals surface area contributed by atoms with Crippen molar-refractivity contribution in [2.45, 2.75) is 18.4 Å². The average Bonchev–Trinajstić information content (AvgIpc) is 3.36. The normalized spacial score (nSPS) is 13.3. The summed E-state index contributed by atoms with van der Waals surface area (Å²) in [7, 11) is 0. The van der Waals surface area contributed by atoms with E-state index in [1.807, 2.05) is 104 Å². The van der Waals surface area contributed by atoms with Crippen LogP contribution in [-0.2, 0) is 19.9 Å². The van der Waals surface area contributed by atoms with Gasteiger partial charge >= 0.3 is 12.1 Å². The highest BCUT2D eigenvalue weighted by molar-refractivity contribution is 6.31. The van der Waals surface area contributed by atoms with E-state index in [4.69, 9.17) is 21.1 Å². The van der Waals surface area contributed by atoms with Gasteiger partial charge in [0.1, 0.15) is 13.2 Å². The molecular weight excluding hydrogens is 558 g/mol. The third-order valence-corrected chi connectivity index (χ3v) is 8.21. The van der Waals surface area contributed by atoms with Crippen LogP contribution in [0.2, 0.25) is 5.02 Å². The van der Waals surface area contributed by atoms with E-state index in [1.165, 1.54) is 0 Å². The summed E-state index contributed by atoms with van der Waals surface area (Å²) < 4.78 is 12.0. The molecule has 0 fully saturated rings. The summed E-state index contributed by atoms with van der Waals surface area (Å²) in [6.45, 7) is 1.75. The van der Waals surface area contributed by atoms with Crippen LogP contribution in [0.1, 0.15) is 39.3 Å². The van der Waals surface area contributed by atoms with E-state index in [0.717, 1.165) is 38.9 Å². The van der Waals surface area contributed by atoms with Crippen molar-refractivity contribution in [3.05, 3.63) is 166 Å². The Morgan fingerprint density at radius 1 is 0.721 bits per heavy atom. The van der Waals surface area contributed by atoms with Gasteiger partial charge in [0.15, 0.2) is 5.60 Å². The predicted molar refractivity (Wildman–Crippen MR) is 168 cm³/mol. The molecule has 1 atom stereocenters. The highest BCUT2D eigenvalue weighted by Gasteiger charge is 2.42. The molecule has 0 spiro atoms. The molecule has 6 rings (SSSR count). The number of esters is 1. The van der Waals surface area contributed by atoms with Crippen molar-refractivity contribution in [1.82, 2.24) is 5.32 Å². The number of rotatable bonds is 8. The lowest BCUT2D eigenvalue weighted by atomic mass is 9.79. The van der Waals surface area contributed by atoms with Crippen LogP contribution >= 0.6 is 11.6 Å². The molecule has 0 bridgehead atoms. The zero-order valence-electron chi connectivity index (χ0n) is 23.6. The van der Waals surface area contributed by atoms with Gasteiger partial charge in [0.05, 0.1) is 0 Å². The van der Waals surface area contributed by atoms with Crippen molar-refractivity contribution in [2.24, 2.45) is 0 Å². The molecular formula is C37H30ClNO4. The molecule has 214 valence electrons. The van der Waals surface area contributed by atoms with Gasteiger partial charge in [-0.1, -0.05) is 138 Å². The van der Waals surface area contributed by atoms with E-state index in [9.17, 15) is 9.59 Å². The van der Waals surface area contributed by atoms with Gasteiger partial charge in [-0.25, -0.2) is 4.79 Å². The minimum absolute atomic E-state index is 0.0856. The minimum atomic E-state index is -1.35. The summed E-state index contributed by atoms with van der Waals surface area (Å²) in [5.41, 5.74) is 6.28. The molecule has 5 aromatic rings. The number of hydrogen-bond acceptors (Lipinski definition) is 4. The number of benzene rings is 5. The Labute approximate surface area is 256 Å². The third-order valence-electron chi connectivity index (χ3n) is 7.88. The summed E-state index contributed by atoms with van der Waals surface area (Å²) in [4.78, 5) is 26.3. The Morgan fingerprint density at radius 2 is 1.28 bits per heavy atom. The smallest absolute Gasteiger partial charge is 0.407 e. The minimum Gasteiger partial charge on any atom is -0.449 e. The average molecular weight is 588 g/mol. The summed E-state index contributed by atoms with van der Waals surface area (Å²) >= 11 is 6.74. The van der Waals surface area contributed by atoms with Gasteiger partial charge in [0, 0.05) is 27.6 Å². The van der Waals surface area contributed by atoms with Crippen LogP contribution in [0.3, 0.4) is 0 Å². The zero-order chi connectivity index (χ0) is 29.8. The lowest BCUT2D eigenvalue weighted by Gasteiger charge is -2.36. The second-order valence-corrected chi connectivity index (χ2v) is 11.0.